The second-order valence-electron chi connectivity index (χ2n) is 4.38. The molecule has 1 aromatic carbocycles. The zero-order valence-corrected chi connectivity index (χ0v) is 11.6. The van der Waals surface area contributed by atoms with Crippen molar-refractivity contribution in [2.24, 2.45) is 5.73 Å². The van der Waals surface area contributed by atoms with Crippen LogP contribution in [0.3, 0.4) is 0 Å². The van der Waals surface area contributed by atoms with Crippen LogP contribution in [-0.2, 0) is 11.3 Å². The third-order valence-corrected chi connectivity index (χ3v) is 3.70. The molecule has 2 rings (SSSR count). The van der Waals surface area contributed by atoms with Crippen LogP contribution in [0.15, 0.2) is 35.7 Å². The van der Waals surface area contributed by atoms with Gasteiger partial charge in [0, 0.05) is 23.5 Å². The van der Waals surface area contributed by atoms with Crippen molar-refractivity contribution >= 4 is 17.2 Å². The van der Waals surface area contributed by atoms with Crippen molar-refractivity contribution in [1.29, 1.82) is 0 Å². The minimum absolute atomic E-state index is 0.0517. The molecule has 1 atom stereocenters. The van der Waals surface area contributed by atoms with Crippen LogP contribution in [-0.4, -0.2) is 10.9 Å². The number of aromatic nitrogens is 1. The molecule has 0 aliphatic carbocycles. The molecule has 0 aliphatic heterocycles. The molecule has 5 heteroatoms. The van der Waals surface area contributed by atoms with E-state index in [2.05, 4.69) is 10.3 Å². The van der Waals surface area contributed by atoms with Crippen molar-refractivity contribution in [3.63, 3.8) is 0 Å². The van der Waals surface area contributed by atoms with Crippen LogP contribution in [0.5, 0.6) is 0 Å². The topological polar surface area (TPSA) is 68.0 Å². The van der Waals surface area contributed by atoms with E-state index in [1.807, 2.05) is 42.6 Å². The third kappa shape index (κ3) is 4.15. The van der Waals surface area contributed by atoms with E-state index in [4.69, 9.17) is 5.73 Å². The number of amides is 1. The summed E-state index contributed by atoms with van der Waals surface area (Å²) < 4.78 is 0. The highest BCUT2D eigenvalue weighted by atomic mass is 32.1. The van der Waals surface area contributed by atoms with E-state index >= 15 is 0 Å². The smallest absolute Gasteiger partial charge is 0.222 e. The number of benzene rings is 1. The van der Waals surface area contributed by atoms with Gasteiger partial charge in [-0.25, -0.2) is 4.98 Å². The number of hydrogen-bond donors (Lipinski definition) is 2. The Bertz CT molecular complexity index is 539. The fourth-order valence-corrected chi connectivity index (χ4v) is 2.46. The average molecular weight is 275 g/mol. The van der Waals surface area contributed by atoms with Crippen molar-refractivity contribution in [2.75, 3.05) is 0 Å². The van der Waals surface area contributed by atoms with Gasteiger partial charge in [-0.2, -0.15) is 0 Å². The quantitative estimate of drug-likeness (QED) is 0.878. The molecule has 1 amide bonds. The van der Waals surface area contributed by atoms with Gasteiger partial charge in [0.15, 0.2) is 0 Å². The summed E-state index contributed by atoms with van der Waals surface area (Å²) in [5.74, 6) is -0.0517. The van der Waals surface area contributed by atoms with E-state index in [0.29, 0.717) is 6.54 Å². The molecule has 4 nitrogen and oxygen atoms in total. The average Bonchev–Trinajstić information content (AvgIpc) is 2.83. The Kier molecular flexibility index (Phi) is 4.65. The maximum atomic E-state index is 11.8. The molecule has 100 valence electrons. The van der Waals surface area contributed by atoms with E-state index in [-0.39, 0.29) is 18.4 Å². The first-order valence-corrected chi connectivity index (χ1v) is 7.01. The molecule has 0 fully saturated rings. The molecule has 19 heavy (non-hydrogen) atoms. The summed E-state index contributed by atoms with van der Waals surface area (Å²) in [6, 6.07) is 9.38. The molecule has 0 aliphatic rings. The van der Waals surface area contributed by atoms with Crippen molar-refractivity contribution in [3.8, 4) is 0 Å². The fourth-order valence-electron chi connectivity index (χ4n) is 1.75. The Morgan fingerprint density at radius 3 is 2.79 bits per heavy atom. The summed E-state index contributed by atoms with van der Waals surface area (Å²) in [4.78, 5) is 16.1. The van der Waals surface area contributed by atoms with Gasteiger partial charge in [-0.1, -0.05) is 30.3 Å². The summed E-state index contributed by atoms with van der Waals surface area (Å²) >= 11 is 1.55. The minimum atomic E-state index is -0.265. The fraction of sp³-hybridized carbons (Fsp3) is 0.286. The van der Waals surface area contributed by atoms with Crippen molar-refractivity contribution in [1.82, 2.24) is 10.3 Å². The predicted molar refractivity (Wildman–Crippen MR) is 76.7 cm³/mol. The number of carbonyl (C=O) groups is 1. The van der Waals surface area contributed by atoms with E-state index in [9.17, 15) is 4.79 Å². The second kappa shape index (κ2) is 6.45. The lowest BCUT2D eigenvalue weighted by molar-refractivity contribution is -0.121. The molecule has 1 unspecified atom stereocenters. The molecule has 2 aromatic rings. The molecule has 1 heterocycles. The van der Waals surface area contributed by atoms with Gasteiger partial charge in [-0.05, 0) is 12.5 Å². The first-order chi connectivity index (χ1) is 9.15. The van der Waals surface area contributed by atoms with Crippen molar-refractivity contribution < 1.29 is 4.79 Å². The van der Waals surface area contributed by atoms with E-state index in [1.54, 1.807) is 11.3 Å². The first kappa shape index (κ1) is 13.7. The highest BCUT2D eigenvalue weighted by Gasteiger charge is 2.11. The standard InChI is InChI=1S/C14H17N3OS/c1-10-9-19-14(17-10)8-16-13(18)7-12(15)11-5-3-2-4-6-11/h2-6,9,12H,7-8,15H2,1H3,(H,16,18). The number of rotatable bonds is 5. The van der Waals surface area contributed by atoms with Crippen LogP contribution in [0.25, 0.3) is 0 Å². The Morgan fingerprint density at radius 2 is 2.16 bits per heavy atom. The lowest BCUT2D eigenvalue weighted by Gasteiger charge is -2.11. The van der Waals surface area contributed by atoms with Crippen LogP contribution in [0.4, 0.5) is 0 Å². The molecular formula is C14H17N3OS. The van der Waals surface area contributed by atoms with Crippen LogP contribution < -0.4 is 11.1 Å². The summed E-state index contributed by atoms with van der Waals surface area (Å²) in [5.41, 5.74) is 7.95. The SMILES string of the molecule is Cc1csc(CNC(=O)CC(N)c2ccccc2)n1. The summed E-state index contributed by atoms with van der Waals surface area (Å²) in [6.07, 6.45) is 0.286. The van der Waals surface area contributed by atoms with Gasteiger partial charge in [0.25, 0.3) is 0 Å². The highest BCUT2D eigenvalue weighted by Crippen LogP contribution is 2.13. The molecule has 1 aromatic heterocycles. The van der Waals surface area contributed by atoms with E-state index in [1.165, 1.54) is 0 Å². The first-order valence-electron chi connectivity index (χ1n) is 6.13. The number of nitrogens with zero attached hydrogens (tertiary/aromatic N) is 1. The number of nitrogens with two attached hydrogens (primary N) is 1. The van der Waals surface area contributed by atoms with Crippen LogP contribution in [0, 0.1) is 6.92 Å². The van der Waals surface area contributed by atoms with Gasteiger partial charge in [-0.3, -0.25) is 4.79 Å². The van der Waals surface area contributed by atoms with Gasteiger partial charge < -0.3 is 11.1 Å². The molecular weight excluding hydrogens is 258 g/mol. The zero-order valence-electron chi connectivity index (χ0n) is 10.8. The summed E-state index contributed by atoms with van der Waals surface area (Å²) in [5, 5.41) is 5.73. The number of hydrogen-bond acceptors (Lipinski definition) is 4. The molecule has 0 saturated carbocycles. The molecule has 0 spiro atoms. The maximum Gasteiger partial charge on any atom is 0.222 e. The predicted octanol–water partition coefficient (Wildman–Crippen LogP) is 2.16. The van der Waals surface area contributed by atoms with Crippen molar-refractivity contribution in [3.05, 3.63) is 52.0 Å². The summed E-state index contributed by atoms with van der Waals surface area (Å²) in [6.45, 7) is 2.41. The minimum Gasteiger partial charge on any atom is -0.350 e. The summed E-state index contributed by atoms with van der Waals surface area (Å²) in [7, 11) is 0. The third-order valence-electron chi connectivity index (χ3n) is 2.74. The van der Waals surface area contributed by atoms with E-state index in [0.717, 1.165) is 16.3 Å². The number of carbonyl (C=O) groups excluding carboxylic acids is 1. The number of aryl methyl sites for hydroxylation is 1. The lowest BCUT2D eigenvalue weighted by Crippen LogP contribution is -2.27. The van der Waals surface area contributed by atoms with Crippen LogP contribution in [0.2, 0.25) is 0 Å². The Labute approximate surface area is 116 Å². The zero-order chi connectivity index (χ0) is 13.7. The second-order valence-corrected chi connectivity index (χ2v) is 5.32. The Hall–Kier alpha value is -1.72. The van der Waals surface area contributed by atoms with Gasteiger partial charge in [-0.15, -0.1) is 11.3 Å². The maximum absolute atomic E-state index is 11.8. The Balaban J connectivity index is 1.81. The van der Waals surface area contributed by atoms with Gasteiger partial charge in [0.05, 0.1) is 6.54 Å². The Morgan fingerprint density at radius 1 is 1.42 bits per heavy atom. The van der Waals surface area contributed by atoms with Crippen molar-refractivity contribution in [2.45, 2.75) is 25.9 Å². The van der Waals surface area contributed by atoms with Crippen LogP contribution in [0.1, 0.15) is 28.7 Å². The largest absolute Gasteiger partial charge is 0.350 e. The van der Waals surface area contributed by atoms with Gasteiger partial charge >= 0.3 is 0 Å². The van der Waals surface area contributed by atoms with Crippen LogP contribution >= 0.6 is 11.3 Å². The van der Waals surface area contributed by atoms with Gasteiger partial charge in [0.1, 0.15) is 5.01 Å². The molecule has 0 bridgehead atoms. The number of nitrogens with one attached hydrogen (secondary N) is 1. The van der Waals surface area contributed by atoms with E-state index < -0.39 is 0 Å². The monoisotopic (exact) mass is 275 g/mol. The molecule has 3 N–H and O–H groups in total. The lowest BCUT2D eigenvalue weighted by atomic mass is 10.0. The molecule has 0 saturated heterocycles. The molecule has 0 radical (unpaired) electrons. The van der Waals surface area contributed by atoms with Gasteiger partial charge in [0.2, 0.25) is 5.91 Å². The normalized spacial score (nSPS) is 12.1. The number of thiazole rings is 1. The highest BCUT2D eigenvalue weighted by molar-refractivity contribution is 7.09.